The lowest BCUT2D eigenvalue weighted by molar-refractivity contribution is 0.102. The van der Waals surface area contributed by atoms with Gasteiger partial charge in [-0.1, -0.05) is 77.3 Å². The van der Waals surface area contributed by atoms with Gasteiger partial charge < -0.3 is 14.2 Å². The van der Waals surface area contributed by atoms with Crippen molar-refractivity contribution in [3.05, 3.63) is 84.4 Å². The Morgan fingerprint density at radius 3 is 2.14 bits per heavy atom. The van der Waals surface area contributed by atoms with Crippen LogP contribution in [-0.4, -0.2) is 27.4 Å². The van der Waals surface area contributed by atoms with E-state index in [0.717, 1.165) is 17.6 Å². The molecule has 0 aliphatic heterocycles. The van der Waals surface area contributed by atoms with Gasteiger partial charge in [0.2, 0.25) is 0 Å². The van der Waals surface area contributed by atoms with Crippen molar-refractivity contribution in [1.82, 2.24) is 0 Å². The summed E-state index contributed by atoms with van der Waals surface area (Å²) in [7, 11) is 3.17. The first-order valence-electron chi connectivity index (χ1n) is 9.67. The fourth-order valence-electron chi connectivity index (χ4n) is 2.25. The van der Waals surface area contributed by atoms with E-state index in [1.165, 1.54) is 5.57 Å². The molecule has 0 bridgehead atoms. The first-order valence-corrected chi connectivity index (χ1v) is 9.67. The van der Waals surface area contributed by atoms with E-state index >= 15 is 0 Å². The van der Waals surface area contributed by atoms with Crippen LogP contribution >= 0.6 is 0 Å². The quantitative estimate of drug-likeness (QED) is 0.147. The van der Waals surface area contributed by atoms with Gasteiger partial charge in [0.1, 0.15) is 6.61 Å². The highest BCUT2D eigenvalue weighted by molar-refractivity contribution is 5.46. The summed E-state index contributed by atoms with van der Waals surface area (Å²) in [6, 6.07) is 0. The minimum absolute atomic E-state index is 0.281. The second-order valence-electron chi connectivity index (χ2n) is 6.95. The lowest BCUT2D eigenvalue weighted by Gasteiger charge is -2.15. The molecule has 0 saturated heterocycles. The number of rotatable bonds is 14. The maximum atomic E-state index is 5.66. The Morgan fingerprint density at radius 1 is 0.964 bits per heavy atom. The van der Waals surface area contributed by atoms with Gasteiger partial charge in [-0.25, -0.2) is 0 Å². The second kappa shape index (κ2) is 13.8. The van der Waals surface area contributed by atoms with Gasteiger partial charge in [0.05, 0.1) is 13.7 Å². The fourth-order valence-corrected chi connectivity index (χ4v) is 2.25. The van der Waals surface area contributed by atoms with Crippen LogP contribution in [0, 0.1) is 11.8 Å². The Kier molecular flexibility index (Phi) is 12.7. The van der Waals surface area contributed by atoms with Crippen molar-refractivity contribution in [2.24, 2.45) is 11.8 Å². The molecular weight excluding hydrogens is 348 g/mol. The van der Waals surface area contributed by atoms with Crippen LogP contribution in [-0.2, 0) is 14.2 Å². The van der Waals surface area contributed by atoms with Gasteiger partial charge >= 0.3 is 0 Å². The lowest BCUT2D eigenvalue weighted by Crippen LogP contribution is -2.04. The van der Waals surface area contributed by atoms with E-state index in [2.05, 4.69) is 60.1 Å². The van der Waals surface area contributed by atoms with E-state index in [-0.39, 0.29) is 5.92 Å². The van der Waals surface area contributed by atoms with Crippen LogP contribution in [0.2, 0.25) is 0 Å². The molecule has 0 aliphatic carbocycles. The molecule has 3 nitrogen and oxygen atoms in total. The van der Waals surface area contributed by atoms with Gasteiger partial charge in [-0.05, 0) is 35.6 Å². The minimum Gasteiger partial charge on any atom is -0.493 e. The molecule has 0 aromatic heterocycles. The van der Waals surface area contributed by atoms with Crippen LogP contribution in [0.5, 0.6) is 0 Å². The molecule has 3 heteroatoms. The highest BCUT2D eigenvalue weighted by Gasteiger charge is 2.09. The first-order chi connectivity index (χ1) is 13.2. The Bertz CT molecular complexity index is 647. The van der Waals surface area contributed by atoms with Gasteiger partial charge in [0, 0.05) is 13.0 Å². The van der Waals surface area contributed by atoms with Crippen molar-refractivity contribution >= 4 is 0 Å². The van der Waals surface area contributed by atoms with Crippen molar-refractivity contribution in [2.75, 3.05) is 27.4 Å². The molecule has 156 valence electrons. The van der Waals surface area contributed by atoms with Crippen molar-refractivity contribution in [1.29, 1.82) is 0 Å². The molecule has 2 atom stereocenters. The van der Waals surface area contributed by atoms with Gasteiger partial charge in [0.15, 0.2) is 11.5 Å². The van der Waals surface area contributed by atoms with Gasteiger partial charge in [-0.15, -0.1) is 0 Å². The predicted octanol–water partition coefficient (Wildman–Crippen LogP) is 6.55. The summed E-state index contributed by atoms with van der Waals surface area (Å²) in [5.41, 5.74) is 3.86. The first kappa shape index (κ1) is 25.7. The molecule has 0 radical (unpaired) electrons. The fraction of sp³-hybridized carbons (Fsp3) is 0.440. The second-order valence-corrected chi connectivity index (χ2v) is 6.95. The number of methoxy groups -OCH3 is 2. The SMILES string of the molecule is C=C(/C=C\C(=C)C(C)/C(C)=C\C(C)CC)C(=C)/C=C(/OCCOC)C(=C)OC. The Balaban J connectivity index is 5.10. The molecule has 0 amide bonds. The smallest absolute Gasteiger partial charge is 0.161 e. The molecule has 0 spiro atoms. The van der Waals surface area contributed by atoms with Crippen molar-refractivity contribution in [3.63, 3.8) is 0 Å². The summed E-state index contributed by atoms with van der Waals surface area (Å²) >= 11 is 0. The summed E-state index contributed by atoms with van der Waals surface area (Å²) in [6.07, 6.45) is 9.15. The van der Waals surface area contributed by atoms with E-state index in [1.54, 1.807) is 20.3 Å². The Morgan fingerprint density at radius 2 is 1.61 bits per heavy atom. The Hall–Kier alpha value is -2.26. The maximum Gasteiger partial charge on any atom is 0.161 e. The summed E-state index contributed by atoms with van der Waals surface area (Å²) < 4.78 is 15.8. The summed E-state index contributed by atoms with van der Waals surface area (Å²) in [4.78, 5) is 0. The highest BCUT2D eigenvalue weighted by Crippen LogP contribution is 2.23. The van der Waals surface area contributed by atoms with Crippen LogP contribution in [0.1, 0.15) is 34.1 Å². The maximum absolute atomic E-state index is 5.66. The topological polar surface area (TPSA) is 27.7 Å². The van der Waals surface area contributed by atoms with Crippen molar-refractivity contribution in [3.8, 4) is 0 Å². The number of hydrogen-bond acceptors (Lipinski definition) is 3. The van der Waals surface area contributed by atoms with Gasteiger partial charge in [-0.2, -0.15) is 0 Å². The van der Waals surface area contributed by atoms with Crippen LogP contribution in [0.25, 0.3) is 0 Å². The molecule has 2 unspecified atom stereocenters. The summed E-state index contributed by atoms with van der Waals surface area (Å²) in [5, 5.41) is 0. The standard InChI is InChI=1S/C25H38O3/c1-11-18(2)16-22(6)23(7)20(4)13-12-19(3)21(5)17-25(24(8)27-10)28-15-14-26-9/h12-13,16-18,23H,3-5,8,11,14-15H2,1-2,6-7,9-10H3/b13-12-,22-16-,25-17+. The molecule has 0 aliphatic rings. The van der Waals surface area contributed by atoms with Crippen LogP contribution in [0.4, 0.5) is 0 Å². The lowest BCUT2D eigenvalue weighted by atomic mass is 9.91. The third-order valence-corrected chi connectivity index (χ3v) is 4.71. The van der Waals surface area contributed by atoms with E-state index in [1.807, 2.05) is 12.2 Å². The van der Waals surface area contributed by atoms with E-state index < -0.39 is 0 Å². The zero-order valence-electron chi connectivity index (χ0n) is 18.6. The van der Waals surface area contributed by atoms with Crippen molar-refractivity contribution in [2.45, 2.75) is 34.1 Å². The van der Waals surface area contributed by atoms with E-state index in [9.17, 15) is 0 Å². The molecule has 0 heterocycles. The van der Waals surface area contributed by atoms with Gasteiger partial charge in [-0.3, -0.25) is 0 Å². The molecular formula is C25H38O3. The zero-order chi connectivity index (χ0) is 21.7. The minimum atomic E-state index is 0.281. The number of hydrogen-bond donors (Lipinski definition) is 0. The molecule has 0 aromatic rings. The molecule has 0 N–H and O–H groups in total. The van der Waals surface area contributed by atoms with Crippen LogP contribution in [0.15, 0.2) is 84.4 Å². The largest absolute Gasteiger partial charge is 0.493 e. The van der Waals surface area contributed by atoms with Crippen LogP contribution in [0.3, 0.4) is 0 Å². The summed E-state index contributed by atoms with van der Waals surface area (Å²) in [5.74, 6) is 1.80. The molecule has 28 heavy (non-hydrogen) atoms. The number of allylic oxidation sites excluding steroid dienone is 8. The third kappa shape index (κ3) is 9.61. The molecule has 0 fully saturated rings. The number of ether oxygens (including phenoxy) is 3. The van der Waals surface area contributed by atoms with Gasteiger partial charge in [0.25, 0.3) is 0 Å². The highest BCUT2D eigenvalue weighted by atomic mass is 16.5. The molecule has 0 aromatic carbocycles. The molecule has 0 rings (SSSR count). The average Bonchev–Trinajstić information content (AvgIpc) is 2.69. The zero-order valence-corrected chi connectivity index (χ0v) is 18.6. The predicted molar refractivity (Wildman–Crippen MR) is 121 cm³/mol. The monoisotopic (exact) mass is 386 g/mol. The van der Waals surface area contributed by atoms with E-state index in [0.29, 0.717) is 36.2 Å². The van der Waals surface area contributed by atoms with Crippen LogP contribution < -0.4 is 0 Å². The normalized spacial score (nSPS) is 14.5. The van der Waals surface area contributed by atoms with Crippen molar-refractivity contribution < 1.29 is 14.2 Å². The molecule has 0 saturated carbocycles. The van der Waals surface area contributed by atoms with E-state index in [4.69, 9.17) is 14.2 Å². The Labute approximate surface area is 172 Å². The average molecular weight is 387 g/mol. The third-order valence-electron chi connectivity index (χ3n) is 4.71. The summed E-state index contributed by atoms with van der Waals surface area (Å²) in [6.45, 7) is 25.8.